The normalized spacial score (nSPS) is 26.9. The number of ether oxygens (including phenoxy) is 1. The summed E-state index contributed by atoms with van der Waals surface area (Å²) in [5.41, 5.74) is 3.14. The van der Waals surface area contributed by atoms with Crippen LogP contribution >= 0.6 is 0 Å². The predicted octanol–water partition coefficient (Wildman–Crippen LogP) is 2.49. The van der Waals surface area contributed by atoms with Crippen molar-refractivity contribution in [2.24, 2.45) is 12.5 Å². The first-order valence-electron chi connectivity index (χ1n) is 11.4. The number of allylic oxidation sites excluding steroid dienone is 2. The van der Waals surface area contributed by atoms with Crippen molar-refractivity contribution in [3.63, 3.8) is 0 Å². The van der Waals surface area contributed by atoms with Crippen molar-refractivity contribution in [3.05, 3.63) is 65.1 Å². The van der Waals surface area contributed by atoms with E-state index in [9.17, 15) is 9.59 Å². The molecule has 8 nitrogen and oxygen atoms in total. The maximum Gasteiger partial charge on any atom is 0.237 e. The molecular formula is C25H29N5O3. The number of carbonyl (C=O) groups excluding carboxylic acids is 2. The highest BCUT2D eigenvalue weighted by Crippen LogP contribution is 2.53. The highest BCUT2D eigenvalue weighted by atomic mass is 16.5. The topological polar surface area (TPSA) is 89.3 Å². The third kappa shape index (κ3) is 3.78. The molecule has 3 heterocycles. The van der Waals surface area contributed by atoms with E-state index < -0.39 is 5.41 Å². The molecule has 2 aliphatic heterocycles. The summed E-state index contributed by atoms with van der Waals surface area (Å²) >= 11 is 0. The van der Waals surface area contributed by atoms with Crippen molar-refractivity contribution < 1.29 is 14.3 Å². The van der Waals surface area contributed by atoms with Crippen LogP contribution in [0.2, 0.25) is 0 Å². The van der Waals surface area contributed by atoms with Crippen LogP contribution in [0.15, 0.2) is 53.9 Å². The minimum Gasteiger partial charge on any atom is -0.497 e. The molecule has 1 aromatic heterocycles. The van der Waals surface area contributed by atoms with Crippen LogP contribution in [0.1, 0.15) is 43.5 Å². The van der Waals surface area contributed by atoms with Crippen LogP contribution in [0.25, 0.3) is 0 Å². The van der Waals surface area contributed by atoms with Crippen molar-refractivity contribution in [1.29, 1.82) is 0 Å². The Morgan fingerprint density at radius 2 is 1.97 bits per heavy atom. The molecule has 3 atom stereocenters. The van der Waals surface area contributed by atoms with Crippen molar-refractivity contribution in [1.82, 2.24) is 25.2 Å². The molecule has 1 aromatic carbocycles. The quantitative estimate of drug-likeness (QED) is 0.758. The lowest BCUT2D eigenvalue weighted by Gasteiger charge is -2.42. The Bertz CT molecular complexity index is 1150. The number of amides is 1. The van der Waals surface area contributed by atoms with Crippen LogP contribution in [0.5, 0.6) is 5.75 Å². The Morgan fingerprint density at radius 3 is 2.67 bits per heavy atom. The first-order chi connectivity index (χ1) is 15.9. The van der Waals surface area contributed by atoms with Crippen LogP contribution in [-0.4, -0.2) is 51.3 Å². The molecule has 172 valence electrons. The fraction of sp³-hybridized carbons (Fsp3) is 0.440. The molecule has 33 heavy (non-hydrogen) atoms. The third-order valence-corrected chi connectivity index (χ3v) is 7.06. The number of hydrogen-bond acceptors (Lipinski definition) is 6. The van der Waals surface area contributed by atoms with Gasteiger partial charge in [0.15, 0.2) is 5.78 Å². The van der Waals surface area contributed by atoms with E-state index in [0.717, 1.165) is 34.7 Å². The first kappa shape index (κ1) is 21.6. The molecular weight excluding hydrogens is 418 g/mol. The van der Waals surface area contributed by atoms with E-state index in [1.807, 2.05) is 48.5 Å². The SMILES string of the molecule is COc1ccc(CCN2C(=O)[C@]3(C[C@@H](c4cn(C)nn4)N[C@@H](C)C3)C3=C2C=CC(=O)C3)cc1. The number of nitrogens with zero attached hydrogens (tertiary/aromatic N) is 4. The molecule has 1 aliphatic carbocycles. The lowest BCUT2D eigenvalue weighted by Crippen LogP contribution is -2.50. The van der Waals surface area contributed by atoms with Gasteiger partial charge in [0.25, 0.3) is 0 Å². The molecule has 1 amide bonds. The number of benzene rings is 1. The molecule has 0 bridgehead atoms. The molecule has 1 fully saturated rings. The van der Waals surface area contributed by atoms with Crippen molar-refractivity contribution >= 4 is 11.7 Å². The molecule has 8 heteroatoms. The Morgan fingerprint density at radius 1 is 1.18 bits per heavy atom. The highest BCUT2D eigenvalue weighted by Gasteiger charge is 2.56. The van der Waals surface area contributed by atoms with E-state index in [1.165, 1.54) is 0 Å². The second kappa shape index (κ2) is 8.26. The largest absolute Gasteiger partial charge is 0.497 e. The summed E-state index contributed by atoms with van der Waals surface area (Å²) in [6.07, 6.45) is 7.62. The van der Waals surface area contributed by atoms with E-state index in [1.54, 1.807) is 17.9 Å². The zero-order chi connectivity index (χ0) is 23.2. The Kier molecular flexibility index (Phi) is 5.40. The van der Waals surface area contributed by atoms with Gasteiger partial charge in [-0.2, -0.15) is 0 Å². The third-order valence-electron chi connectivity index (χ3n) is 7.06. The summed E-state index contributed by atoms with van der Waals surface area (Å²) in [4.78, 5) is 28.4. The molecule has 5 rings (SSSR count). The van der Waals surface area contributed by atoms with Crippen LogP contribution in [0.4, 0.5) is 0 Å². The molecule has 1 spiro atoms. The van der Waals surface area contributed by atoms with Crippen LogP contribution in [0, 0.1) is 5.41 Å². The number of aromatic nitrogens is 3. The number of fused-ring (bicyclic) bond motifs is 1. The van der Waals surface area contributed by atoms with Crippen molar-refractivity contribution in [3.8, 4) is 5.75 Å². The average molecular weight is 448 g/mol. The summed E-state index contributed by atoms with van der Waals surface area (Å²) in [6, 6.07) is 7.94. The number of carbonyl (C=O) groups is 2. The van der Waals surface area contributed by atoms with E-state index in [4.69, 9.17) is 4.74 Å². The number of aryl methyl sites for hydroxylation is 1. The van der Waals surface area contributed by atoms with Crippen molar-refractivity contribution in [2.45, 2.75) is 44.7 Å². The smallest absolute Gasteiger partial charge is 0.237 e. The Balaban J connectivity index is 1.45. The molecule has 1 N–H and O–H groups in total. The van der Waals surface area contributed by atoms with E-state index >= 15 is 0 Å². The minimum atomic E-state index is -0.692. The molecule has 0 radical (unpaired) electrons. The molecule has 3 aliphatic rings. The second-order valence-electron chi connectivity index (χ2n) is 9.32. The number of methoxy groups -OCH3 is 1. The van der Waals surface area contributed by atoms with E-state index in [0.29, 0.717) is 25.8 Å². The summed E-state index contributed by atoms with van der Waals surface area (Å²) in [7, 11) is 3.49. The van der Waals surface area contributed by atoms with Gasteiger partial charge in [-0.05, 0) is 61.6 Å². The average Bonchev–Trinajstić information content (AvgIpc) is 3.33. The number of rotatable bonds is 5. The lowest BCUT2D eigenvalue weighted by atomic mass is 9.67. The maximum absolute atomic E-state index is 14.1. The van der Waals surface area contributed by atoms with Gasteiger partial charge in [-0.25, -0.2) is 0 Å². The minimum absolute atomic E-state index is 0.0557. The van der Waals surface area contributed by atoms with Gasteiger partial charge >= 0.3 is 0 Å². The van der Waals surface area contributed by atoms with Gasteiger partial charge in [0.2, 0.25) is 5.91 Å². The molecule has 0 saturated carbocycles. The van der Waals surface area contributed by atoms with Gasteiger partial charge in [0.05, 0.1) is 24.3 Å². The Hall–Kier alpha value is -3.26. The van der Waals surface area contributed by atoms with E-state index in [-0.39, 0.29) is 23.8 Å². The van der Waals surface area contributed by atoms with Gasteiger partial charge in [0.1, 0.15) is 5.75 Å². The second-order valence-corrected chi connectivity index (χ2v) is 9.32. The fourth-order valence-corrected chi connectivity index (χ4v) is 5.57. The Labute approximate surface area is 193 Å². The molecule has 2 aromatic rings. The maximum atomic E-state index is 14.1. The van der Waals surface area contributed by atoms with Crippen molar-refractivity contribution in [2.75, 3.05) is 13.7 Å². The first-order valence-corrected chi connectivity index (χ1v) is 11.4. The van der Waals surface area contributed by atoms with Crippen LogP contribution in [-0.2, 0) is 23.1 Å². The number of piperidine rings is 1. The number of ketones is 1. The standard InChI is InChI=1S/C25H29N5O3/c1-16-13-25(14-21(26-16)22-15-29(2)28-27-22)20-12-18(31)6-9-23(20)30(24(25)32)11-10-17-4-7-19(33-3)8-5-17/h4-9,15-16,21,26H,10-14H2,1-3H3/t16-,21-,25+/m0/s1. The van der Waals surface area contributed by atoms with Gasteiger partial charge < -0.3 is 15.0 Å². The summed E-state index contributed by atoms with van der Waals surface area (Å²) < 4.78 is 6.93. The fourth-order valence-electron chi connectivity index (χ4n) is 5.57. The lowest BCUT2D eigenvalue weighted by molar-refractivity contribution is -0.137. The number of hydrogen-bond donors (Lipinski definition) is 1. The zero-order valence-corrected chi connectivity index (χ0v) is 19.2. The van der Waals surface area contributed by atoms with Gasteiger partial charge in [-0.3, -0.25) is 14.3 Å². The summed E-state index contributed by atoms with van der Waals surface area (Å²) in [5.74, 6) is 0.968. The van der Waals surface area contributed by atoms with Gasteiger partial charge in [-0.15, -0.1) is 5.10 Å². The predicted molar refractivity (Wildman–Crippen MR) is 122 cm³/mol. The van der Waals surface area contributed by atoms with E-state index in [2.05, 4.69) is 22.6 Å². The molecule has 0 unspecified atom stereocenters. The zero-order valence-electron chi connectivity index (χ0n) is 19.2. The van der Waals surface area contributed by atoms with Crippen LogP contribution < -0.4 is 10.1 Å². The van der Waals surface area contributed by atoms with Crippen LogP contribution in [0.3, 0.4) is 0 Å². The highest BCUT2D eigenvalue weighted by molar-refractivity contribution is 6.00. The monoisotopic (exact) mass is 447 g/mol. The van der Waals surface area contributed by atoms with Gasteiger partial charge in [0, 0.05) is 37.9 Å². The summed E-state index contributed by atoms with van der Waals surface area (Å²) in [5, 5.41) is 12.0. The van der Waals surface area contributed by atoms with Gasteiger partial charge in [-0.1, -0.05) is 17.3 Å². The summed E-state index contributed by atoms with van der Waals surface area (Å²) in [6.45, 7) is 2.67. The number of nitrogens with one attached hydrogen (secondary N) is 1. The molecule has 1 saturated heterocycles.